The molecule has 5 heteroatoms. The van der Waals surface area contributed by atoms with Gasteiger partial charge < -0.3 is 15.0 Å². The van der Waals surface area contributed by atoms with Crippen LogP contribution in [0.5, 0.6) is 0 Å². The third kappa shape index (κ3) is 3.80. The second-order valence-electron chi connectivity index (χ2n) is 8.17. The van der Waals surface area contributed by atoms with Crippen molar-refractivity contribution in [3.05, 3.63) is 65.7 Å². The number of benzene rings is 2. The van der Waals surface area contributed by atoms with E-state index >= 15 is 0 Å². The Kier molecular flexibility index (Phi) is 5.57. The molecule has 2 aromatic carbocycles. The Morgan fingerprint density at radius 1 is 1.11 bits per heavy atom. The average Bonchev–Trinajstić information content (AvgIpc) is 2.84. The van der Waals surface area contributed by atoms with E-state index in [0.29, 0.717) is 13.0 Å². The number of nitrogens with zero attached hydrogens (tertiary/aromatic N) is 1. The van der Waals surface area contributed by atoms with E-state index in [-0.39, 0.29) is 18.2 Å². The Bertz CT molecular complexity index is 863. The zero-order valence-corrected chi connectivity index (χ0v) is 17.0. The normalized spacial score (nSPS) is 18.9. The molecular weight excluding hydrogens is 352 g/mol. The van der Waals surface area contributed by atoms with E-state index in [4.69, 9.17) is 4.74 Å². The molecule has 1 aliphatic heterocycles. The Labute approximate surface area is 166 Å². The summed E-state index contributed by atoms with van der Waals surface area (Å²) in [6.07, 6.45) is 0.571. The van der Waals surface area contributed by atoms with Crippen LogP contribution >= 0.6 is 0 Å². The summed E-state index contributed by atoms with van der Waals surface area (Å²) in [5.41, 5.74) is 1.38. The van der Waals surface area contributed by atoms with Gasteiger partial charge in [-0.15, -0.1) is 0 Å². The number of ether oxygens (including phenoxy) is 1. The minimum atomic E-state index is -0.917. The number of nitrogens with one attached hydrogen (secondary N) is 1. The van der Waals surface area contributed by atoms with Gasteiger partial charge in [-0.05, 0) is 37.5 Å². The molecule has 0 spiro atoms. The number of anilines is 1. The maximum atomic E-state index is 13.4. The van der Waals surface area contributed by atoms with Gasteiger partial charge in [-0.25, -0.2) is 0 Å². The highest BCUT2D eigenvalue weighted by Gasteiger charge is 2.51. The minimum Gasteiger partial charge on any atom is -0.382 e. The molecule has 0 aromatic heterocycles. The fraction of sp³-hybridized carbons (Fsp3) is 0.391. The summed E-state index contributed by atoms with van der Waals surface area (Å²) < 4.78 is 5.20. The number of methoxy groups -OCH3 is 1. The van der Waals surface area contributed by atoms with Gasteiger partial charge in [0.2, 0.25) is 11.8 Å². The standard InChI is InChI=1S/C23H28N2O3/c1-22(2,16-28-4)24-20(26)15-23(14-17-10-6-5-7-11-17)18-12-8-9-13-19(18)25(3)21(23)27/h5-13H,14-16H2,1-4H3,(H,24,26). The van der Waals surface area contributed by atoms with Gasteiger partial charge in [-0.1, -0.05) is 48.5 Å². The zero-order valence-electron chi connectivity index (χ0n) is 17.0. The van der Waals surface area contributed by atoms with Crippen molar-refractivity contribution in [3.8, 4) is 0 Å². The third-order valence-electron chi connectivity index (χ3n) is 5.29. The number of carbonyl (C=O) groups excluding carboxylic acids is 2. The largest absolute Gasteiger partial charge is 0.382 e. The lowest BCUT2D eigenvalue weighted by Gasteiger charge is -2.31. The zero-order chi connectivity index (χ0) is 20.4. The van der Waals surface area contributed by atoms with Gasteiger partial charge >= 0.3 is 0 Å². The summed E-state index contributed by atoms with van der Waals surface area (Å²) in [5.74, 6) is -0.200. The summed E-state index contributed by atoms with van der Waals surface area (Å²) in [4.78, 5) is 28.1. The molecule has 0 saturated carbocycles. The first-order valence-electron chi connectivity index (χ1n) is 9.51. The van der Waals surface area contributed by atoms with Gasteiger partial charge in [-0.3, -0.25) is 9.59 Å². The lowest BCUT2D eigenvalue weighted by molar-refractivity contribution is -0.130. The highest BCUT2D eigenvalue weighted by Crippen LogP contribution is 2.45. The maximum Gasteiger partial charge on any atom is 0.238 e. The number of hydrogen-bond acceptors (Lipinski definition) is 3. The Hall–Kier alpha value is -2.66. The van der Waals surface area contributed by atoms with Crippen molar-refractivity contribution in [2.45, 2.75) is 37.6 Å². The summed E-state index contributed by atoms with van der Waals surface area (Å²) in [6, 6.07) is 17.6. The molecule has 1 atom stereocenters. The molecule has 3 rings (SSSR count). The molecule has 2 aromatic rings. The van der Waals surface area contributed by atoms with Gasteiger partial charge in [0.15, 0.2) is 0 Å². The molecular formula is C23H28N2O3. The van der Waals surface area contributed by atoms with Crippen LogP contribution in [-0.2, 0) is 26.2 Å². The van der Waals surface area contributed by atoms with E-state index in [2.05, 4.69) is 5.32 Å². The predicted octanol–water partition coefficient (Wildman–Crippen LogP) is 3.07. The fourth-order valence-electron chi connectivity index (χ4n) is 4.16. The molecule has 0 radical (unpaired) electrons. The number of amides is 2. The number of carbonyl (C=O) groups is 2. The Balaban J connectivity index is 1.99. The number of rotatable bonds is 7. The van der Waals surface area contributed by atoms with Crippen LogP contribution < -0.4 is 10.2 Å². The van der Waals surface area contributed by atoms with E-state index in [1.54, 1.807) is 19.1 Å². The van der Waals surface area contributed by atoms with Crippen LogP contribution in [0.1, 0.15) is 31.4 Å². The fourth-order valence-corrected chi connectivity index (χ4v) is 4.16. The summed E-state index contributed by atoms with van der Waals surface area (Å²) in [7, 11) is 3.39. The number of fused-ring (bicyclic) bond motifs is 1. The van der Waals surface area contributed by atoms with Crippen LogP contribution in [-0.4, -0.2) is 38.1 Å². The van der Waals surface area contributed by atoms with Gasteiger partial charge in [0.1, 0.15) is 0 Å². The molecule has 1 heterocycles. The first kappa shape index (κ1) is 20.1. The van der Waals surface area contributed by atoms with Crippen molar-refractivity contribution in [2.24, 2.45) is 0 Å². The molecule has 0 saturated heterocycles. The molecule has 0 bridgehead atoms. The van der Waals surface area contributed by atoms with Crippen LogP contribution in [0.4, 0.5) is 5.69 Å². The monoisotopic (exact) mass is 380 g/mol. The van der Waals surface area contributed by atoms with E-state index in [1.807, 2.05) is 68.4 Å². The highest BCUT2D eigenvalue weighted by molar-refractivity contribution is 6.10. The molecule has 1 aliphatic rings. The predicted molar refractivity (Wildman–Crippen MR) is 110 cm³/mol. The van der Waals surface area contributed by atoms with E-state index in [0.717, 1.165) is 16.8 Å². The van der Waals surface area contributed by atoms with Gasteiger partial charge in [0.05, 0.1) is 17.6 Å². The molecule has 1 N–H and O–H groups in total. The first-order chi connectivity index (χ1) is 13.3. The SMILES string of the molecule is COCC(C)(C)NC(=O)CC1(Cc2ccccc2)C(=O)N(C)c2ccccc21. The molecule has 5 nitrogen and oxygen atoms in total. The van der Waals surface area contributed by atoms with Crippen LogP contribution in [0.15, 0.2) is 54.6 Å². The van der Waals surface area contributed by atoms with Crippen molar-refractivity contribution < 1.29 is 14.3 Å². The molecule has 0 fully saturated rings. The first-order valence-corrected chi connectivity index (χ1v) is 9.51. The number of para-hydroxylation sites is 1. The highest BCUT2D eigenvalue weighted by atomic mass is 16.5. The van der Waals surface area contributed by atoms with Crippen molar-refractivity contribution in [2.75, 3.05) is 25.7 Å². The maximum absolute atomic E-state index is 13.4. The van der Waals surface area contributed by atoms with Gasteiger partial charge in [-0.2, -0.15) is 0 Å². The lowest BCUT2D eigenvalue weighted by atomic mass is 9.73. The summed E-state index contributed by atoms with van der Waals surface area (Å²) in [6.45, 7) is 4.22. The van der Waals surface area contributed by atoms with Crippen molar-refractivity contribution in [1.29, 1.82) is 0 Å². The van der Waals surface area contributed by atoms with E-state index < -0.39 is 11.0 Å². The third-order valence-corrected chi connectivity index (χ3v) is 5.29. The molecule has 2 amide bonds. The minimum absolute atomic E-state index is 0.0442. The van der Waals surface area contributed by atoms with E-state index in [9.17, 15) is 9.59 Å². The van der Waals surface area contributed by atoms with Crippen molar-refractivity contribution >= 4 is 17.5 Å². The van der Waals surface area contributed by atoms with Crippen LogP contribution in [0.3, 0.4) is 0 Å². The summed E-state index contributed by atoms with van der Waals surface area (Å²) in [5, 5.41) is 3.03. The molecule has 148 valence electrons. The van der Waals surface area contributed by atoms with Crippen LogP contribution in [0.2, 0.25) is 0 Å². The summed E-state index contributed by atoms with van der Waals surface area (Å²) >= 11 is 0. The smallest absolute Gasteiger partial charge is 0.238 e. The Morgan fingerprint density at radius 3 is 2.43 bits per heavy atom. The van der Waals surface area contributed by atoms with Crippen LogP contribution in [0, 0.1) is 0 Å². The average molecular weight is 380 g/mol. The lowest BCUT2D eigenvalue weighted by Crippen LogP contribution is -2.50. The topological polar surface area (TPSA) is 58.6 Å². The second-order valence-corrected chi connectivity index (χ2v) is 8.17. The van der Waals surface area contributed by atoms with Crippen LogP contribution in [0.25, 0.3) is 0 Å². The quantitative estimate of drug-likeness (QED) is 0.803. The second kappa shape index (κ2) is 7.76. The molecule has 1 unspecified atom stereocenters. The molecule has 0 aliphatic carbocycles. The Morgan fingerprint density at radius 2 is 1.75 bits per heavy atom. The van der Waals surface area contributed by atoms with Gasteiger partial charge in [0.25, 0.3) is 0 Å². The van der Waals surface area contributed by atoms with Crippen molar-refractivity contribution in [3.63, 3.8) is 0 Å². The number of likely N-dealkylation sites (N-methyl/N-ethyl adjacent to an activating group) is 1. The van der Waals surface area contributed by atoms with Crippen molar-refractivity contribution in [1.82, 2.24) is 5.32 Å². The number of hydrogen-bond donors (Lipinski definition) is 1. The molecule has 28 heavy (non-hydrogen) atoms. The van der Waals surface area contributed by atoms with E-state index in [1.165, 1.54) is 0 Å². The van der Waals surface area contributed by atoms with Gasteiger partial charge in [0, 0.05) is 26.3 Å².